The second-order valence-corrected chi connectivity index (χ2v) is 6.64. The molecular weight excluding hydrogens is 386 g/mol. The fraction of sp³-hybridized carbons (Fsp3) is 0.143. The molecule has 1 amide bonds. The number of aromatic nitrogens is 3. The number of aromatic amines is 1. The summed E-state index contributed by atoms with van der Waals surface area (Å²) < 4.78 is 6.68. The summed E-state index contributed by atoms with van der Waals surface area (Å²) in [6.07, 6.45) is 2.94. The highest BCUT2D eigenvalue weighted by atomic mass is 16.5. The standard InChI is InChI=1S/C21H19N5O4/c1-3-30-21(29)13-9-16-17(20(28)24-19(16)23-10-13)11-22-14-4-6-15(7-5-14)26-12(2)8-18(27)25-26/h4-11,22H,3H2,1-2H3,(H,25,27)(H,23,24,28)/b17-11-. The summed E-state index contributed by atoms with van der Waals surface area (Å²) in [6.45, 7) is 3.81. The van der Waals surface area contributed by atoms with Crippen LogP contribution in [-0.2, 0) is 9.53 Å². The van der Waals surface area contributed by atoms with Crippen LogP contribution in [0.2, 0.25) is 0 Å². The maximum absolute atomic E-state index is 12.3. The first kappa shape index (κ1) is 19.2. The first-order chi connectivity index (χ1) is 14.5. The van der Waals surface area contributed by atoms with Crippen molar-refractivity contribution in [2.45, 2.75) is 13.8 Å². The summed E-state index contributed by atoms with van der Waals surface area (Å²) in [4.78, 5) is 39.9. The molecule has 0 fully saturated rings. The molecule has 3 N–H and O–H groups in total. The summed E-state index contributed by atoms with van der Waals surface area (Å²) in [7, 11) is 0. The number of carbonyl (C=O) groups excluding carboxylic acids is 2. The Morgan fingerprint density at radius 1 is 1.23 bits per heavy atom. The summed E-state index contributed by atoms with van der Waals surface area (Å²) in [5, 5.41) is 8.48. The Morgan fingerprint density at radius 3 is 2.67 bits per heavy atom. The quantitative estimate of drug-likeness (QED) is 0.443. The summed E-state index contributed by atoms with van der Waals surface area (Å²) >= 11 is 0. The van der Waals surface area contributed by atoms with Gasteiger partial charge in [-0.2, -0.15) is 0 Å². The largest absolute Gasteiger partial charge is 0.462 e. The number of aryl methyl sites for hydroxylation is 1. The first-order valence-electron chi connectivity index (χ1n) is 9.31. The molecule has 152 valence electrons. The lowest BCUT2D eigenvalue weighted by molar-refractivity contribution is -0.110. The Morgan fingerprint density at radius 2 is 2.00 bits per heavy atom. The van der Waals surface area contributed by atoms with Gasteiger partial charge in [0.2, 0.25) is 0 Å². The highest BCUT2D eigenvalue weighted by Gasteiger charge is 2.27. The van der Waals surface area contributed by atoms with E-state index in [1.807, 2.05) is 31.2 Å². The molecule has 1 aromatic carbocycles. The Hall–Kier alpha value is -4.14. The van der Waals surface area contributed by atoms with Gasteiger partial charge in [-0.15, -0.1) is 0 Å². The molecule has 9 nitrogen and oxygen atoms in total. The van der Waals surface area contributed by atoms with E-state index >= 15 is 0 Å². The highest BCUT2D eigenvalue weighted by Crippen LogP contribution is 2.30. The molecule has 2 aromatic heterocycles. The summed E-state index contributed by atoms with van der Waals surface area (Å²) in [6, 6.07) is 10.4. The van der Waals surface area contributed by atoms with Crippen LogP contribution in [-0.4, -0.2) is 33.2 Å². The van der Waals surface area contributed by atoms with E-state index < -0.39 is 5.97 Å². The molecule has 0 saturated heterocycles. The molecule has 1 aliphatic heterocycles. The third kappa shape index (κ3) is 3.60. The number of hydrogen-bond acceptors (Lipinski definition) is 6. The molecule has 30 heavy (non-hydrogen) atoms. The molecule has 0 spiro atoms. The average Bonchev–Trinajstić information content (AvgIpc) is 3.23. The van der Waals surface area contributed by atoms with E-state index in [0.717, 1.165) is 17.1 Å². The molecule has 9 heteroatoms. The average molecular weight is 405 g/mol. The SMILES string of the molecule is CCOC(=O)c1cnc2c(c1)/C(=C/Nc1ccc(-n3[nH]c(=O)cc3C)cc1)C(=O)N2. The van der Waals surface area contributed by atoms with Crippen LogP contribution in [0, 0.1) is 6.92 Å². The smallest absolute Gasteiger partial charge is 0.339 e. The summed E-state index contributed by atoms with van der Waals surface area (Å²) in [5.41, 5.74) is 3.34. The topological polar surface area (TPSA) is 118 Å². The number of ether oxygens (including phenoxy) is 1. The Bertz CT molecular complexity index is 1220. The fourth-order valence-electron chi connectivity index (χ4n) is 3.15. The van der Waals surface area contributed by atoms with Crippen molar-refractivity contribution in [1.82, 2.24) is 14.8 Å². The van der Waals surface area contributed by atoms with E-state index in [4.69, 9.17) is 4.74 Å². The van der Waals surface area contributed by atoms with Crippen LogP contribution >= 0.6 is 0 Å². The lowest BCUT2D eigenvalue weighted by Crippen LogP contribution is -2.06. The van der Waals surface area contributed by atoms with E-state index in [1.165, 1.54) is 12.3 Å². The number of anilines is 2. The molecule has 1 aliphatic rings. The zero-order valence-electron chi connectivity index (χ0n) is 16.4. The Balaban J connectivity index is 1.57. The number of nitrogens with one attached hydrogen (secondary N) is 3. The van der Waals surface area contributed by atoms with Crippen molar-refractivity contribution in [3.63, 3.8) is 0 Å². The van der Waals surface area contributed by atoms with Crippen molar-refractivity contribution in [2.75, 3.05) is 17.2 Å². The van der Waals surface area contributed by atoms with Crippen LogP contribution in [0.1, 0.15) is 28.5 Å². The van der Waals surface area contributed by atoms with Gasteiger partial charge in [-0.3, -0.25) is 19.4 Å². The summed E-state index contributed by atoms with van der Waals surface area (Å²) in [5.74, 6) is -0.417. The van der Waals surface area contributed by atoms with Crippen molar-refractivity contribution >= 4 is 29.0 Å². The molecule has 0 radical (unpaired) electrons. The van der Waals surface area contributed by atoms with Gasteiger partial charge >= 0.3 is 5.97 Å². The molecule has 3 heterocycles. The van der Waals surface area contributed by atoms with Crippen molar-refractivity contribution < 1.29 is 14.3 Å². The Kier molecular flexibility index (Phi) is 4.93. The molecule has 0 unspecified atom stereocenters. The predicted molar refractivity (Wildman–Crippen MR) is 112 cm³/mol. The van der Waals surface area contributed by atoms with Crippen molar-refractivity contribution in [1.29, 1.82) is 0 Å². The van der Waals surface area contributed by atoms with Crippen molar-refractivity contribution in [2.24, 2.45) is 0 Å². The molecule has 0 saturated carbocycles. The van der Waals surface area contributed by atoms with E-state index in [2.05, 4.69) is 20.7 Å². The predicted octanol–water partition coefficient (Wildman–Crippen LogP) is 2.45. The van der Waals surface area contributed by atoms with E-state index in [1.54, 1.807) is 23.9 Å². The van der Waals surface area contributed by atoms with Gasteiger partial charge in [0.25, 0.3) is 11.5 Å². The second-order valence-electron chi connectivity index (χ2n) is 6.64. The van der Waals surface area contributed by atoms with Gasteiger partial charge in [-0.05, 0) is 44.2 Å². The van der Waals surface area contributed by atoms with Crippen LogP contribution in [0.25, 0.3) is 11.3 Å². The fourth-order valence-corrected chi connectivity index (χ4v) is 3.15. The maximum atomic E-state index is 12.3. The van der Waals surface area contributed by atoms with Crippen LogP contribution in [0.4, 0.5) is 11.5 Å². The van der Waals surface area contributed by atoms with Gasteiger partial charge < -0.3 is 15.4 Å². The number of nitrogens with zero attached hydrogens (tertiary/aromatic N) is 2. The van der Waals surface area contributed by atoms with Gasteiger partial charge in [0.1, 0.15) is 5.82 Å². The number of esters is 1. The number of rotatable bonds is 5. The molecule has 0 bridgehead atoms. The second kappa shape index (κ2) is 7.70. The van der Waals surface area contributed by atoms with E-state index in [0.29, 0.717) is 17.0 Å². The van der Waals surface area contributed by atoms with Gasteiger partial charge in [0, 0.05) is 35.4 Å². The normalized spacial score (nSPS) is 13.8. The van der Waals surface area contributed by atoms with Gasteiger partial charge in [-0.1, -0.05) is 0 Å². The minimum Gasteiger partial charge on any atom is -0.462 e. The van der Waals surface area contributed by atoms with Crippen LogP contribution in [0.3, 0.4) is 0 Å². The molecule has 4 rings (SSSR count). The molecular formula is C21H19N5O4. The van der Waals surface area contributed by atoms with Crippen LogP contribution in [0.5, 0.6) is 0 Å². The van der Waals surface area contributed by atoms with E-state index in [-0.39, 0.29) is 23.6 Å². The Labute approximate surface area is 171 Å². The van der Waals surface area contributed by atoms with Crippen LogP contribution in [0.15, 0.2) is 53.6 Å². The first-order valence-corrected chi connectivity index (χ1v) is 9.31. The van der Waals surface area contributed by atoms with Gasteiger partial charge in [0.15, 0.2) is 0 Å². The third-order valence-corrected chi connectivity index (χ3v) is 4.59. The molecule has 3 aromatic rings. The zero-order valence-corrected chi connectivity index (χ0v) is 16.4. The minimum absolute atomic E-state index is 0.166. The lowest BCUT2D eigenvalue weighted by atomic mass is 10.1. The van der Waals surface area contributed by atoms with E-state index in [9.17, 15) is 14.4 Å². The van der Waals surface area contributed by atoms with Crippen molar-refractivity contribution in [3.8, 4) is 5.69 Å². The van der Waals surface area contributed by atoms with Gasteiger partial charge in [-0.25, -0.2) is 9.78 Å². The molecule has 0 atom stereocenters. The number of pyridine rings is 1. The number of hydrogen-bond donors (Lipinski definition) is 3. The lowest BCUT2D eigenvalue weighted by Gasteiger charge is -2.07. The monoisotopic (exact) mass is 405 g/mol. The number of fused-ring (bicyclic) bond motifs is 1. The van der Waals surface area contributed by atoms with Crippen LogP contribution < -0.4 is 16.2 Å². The van der Waals surface area contributed by atoms with Crippen molar-refractivity contribution in [3.05, 3.63) is 76.0 Å². The molecule has 0 aliphatic carbocycles. The number of H-pyrrole nitrogens is 1. The third-order valence-electron chi connectivity index (χ3n) is 4.59. The van der Waals surface area contributed by atoms with Gasteiger partial charge in [0.05, 0.1) is 23.4 Å². The maximum Gasteiger partial charge on any atom is 0.339 e. The minimum atomic E-state index is -0.492. The number of amides is 1. The highest BCUT2D eigenvalue weighted by molar-refractivity contribution is 6.31. The zero-order chi connectivity index (χ0) is 21.3. The number of carbonyl (C=O) groups is 2. The number of benzene rings is 1.